The Morgan fingerprint density at radius 2 is 1.71 bits per heavy atom. The van der Waals surface area contributed by atoms with Crippen LogP contribution in [0.15, 0.2) is 54.7 Å². The van der Waals surface area contributed by atoms with Crippen LogP contribution in [0, 0.1) is 5.82 Å². The van der Waals surface area contributed by atoms with Crippen molar-refractivity contribution in [3.8, 4) is 11.3 Å². The highest BCUT2D eigenvalue weighted by molar-refractivity contribution is 5.76. The van der Waals surface area contributed by atoms with E-state index in [1.54, 1.807) is 12.3 Å². The lowest BCUT2D eigenvalue weighted by molar-refractivity contribution is 0.629. The fourth-order valence-electron chi connectivity index (χ4n) is 1.73. The second-order valence-corrected chi connectivity index (χ2v) is 3.75. The van der Waals surface area contributed by atoms with Gasteiger partial charge in [-0.05, 0) is 12.1 Å². The van der Waals surface area contributed by atoms with Crippen LogP contribution in [0.3, 0.4) is 0 Å². The molecule has 0 aliphatic rings. The van der Waals surface area contributed by atoms with Crippen molar-refractivity contribution < 1.29 is 4.39 Å². The first-order valence-electron chi connectivity index (χ1n) is 5.31. The van der Waals surface area contributed by atoms with E-state index in [9.17, 15) is 4.39 Å². The third-order valence-electron chi connectivity index (χ3n) is 2.57. The number of hydrogen-bond acceptors (Lipinski definition) is 2. The Balaban J connectivity index is 2.19. The van der Waals surface area contributed by atoms with Crippen LogP contribution in [-0.4, -0.2) is 9.97 Å². The minimum Gasteiger partial charge on any atom is -0.252 e. The van der Waals surface area contributed by atoms with Crippen molar-refractivity contribution in [2.75, 3.05) is 0 Å². The molecule has 3 rings (SSSR count). The van der Waals surface area contributed by atoms with Gasteiger partial charge in [-0.15, -0.1) is 0 Å². The molecule has 1 heterocycles. The van der Waals surface area contributed by atoms with E-state index in [1.165, 1.54) is 12.1 Å². The molecule has 2 nitrogen and oxygen atoms in total. The molecule has 0 unspecified atom stereocenters. The molecule has 0 atom stereocenters. The molecule has 3 heteroatoms. The summed E-state index contributed by atoms with van der Waals surface area (Å²) < 4.78 is 13.1. The highest BCUT2D eigenvalue weighted by Gasteiger charge is 2.02. The fourth-order valence-corrected chi connectivity index (χ4v) is 1.73. The van der Waals surface area contributed by atoms with Gasteiger partial charge in [0.05, 0.1) is 22.9 Å². The third-order valence-corrected chi connectivity index (χ3v) is 2.57. The van der Waals surface area contributed by atoms with Gasteiger partial charge in [0.2, 0.25) is 0 Å². The Hall–Kier alpha value is -2.29. The van der Waals surface area contributed by atoms with Crippen LogP contribution in [0.4, 0.5) is 4.39 Å². The summed E-state index contributed by atoms with van der Waals surface area (Å²) in [6, 6.07) is 14.1. The van der Waals surface area contributed by atoms with Gasteiger partial charge < -0.3 is 0 Å². The van der Waals surface area contributed by atoms with Gasteiger partial charge in [0.15, 0.2) is 0 Å². The van der Waals surface area contributed by atoms with Crippen LogP contribution in [0.2, 0.25) is 0 Å². The lowest BCUT2D eigenvalue weighted by atomic mass is 10.1. The maximum Gasteiger partial charge on any atom is 0.125 e. The number of benzene rings is 2. The van der Waals surface area contributed by atoms with E-state index >= 15 is 0 Å². The molecular weight excluding hydrogens is 215 g/mol. The molecule has 0 aliphatic heterocycles. The first-order valence-corrected chi connectivity index (χ1v) is 5.31. The molecule has 0 spiro atoms. The maximum absolute atomic E-state index is 13.1. The molecule has 2 aromatic carbocycles. The minimum atomic E-state index is -0.294. The molecule has 0 radical (unpaired) electrons. The summed E-state index contributed by atoms with van der Waals surface area (Å²) in [5.41, 5.74) is 3.01. The normalized spacial score (nSPS) is 10.6. The summed E-state index contributed by atoms with van der Waals surface area (Å²) in [5.74, 6) is -0.294. The van der Waals surface area contributed by atoms with Crippen LogP contribution < -0.4 is 0 Å². The van der Waals surface area contributed by atoms with Gasteiger partial charge in [0, 0.05) is 11.6 Å². The van der Waals surface area contributed by atoms with Crippen LogP contribution in [0.1, 0.15) is 0 Å². The van der Waals surface area contributed by atoms with E-state index in [0.29, 0.717) is 11.0 Å². The van der Waals surface area contributed by atoms with E-state index in [4.69, 9.17) is 0 Å². The predicted molar refractivity (Wildman–Crippen MR) is 64.9 cm³/mol. The average molecular weight is 224 g/mol. The number of fused-ring (bicyclic) bond motifs is 1. The van der Waals surface area contributed by atoms with Gasteiger partial charge in [0.1, 0.15) is 5.82 Å². The van der Waals surface area contributed by atoms with Gasteiger partial charge in [-0.2, -0.15) is 0 Å². The van der Waals surface area contributed by atoms with Gasteiger partial charge in [-0.1, -0.05) is 30.3 Å². The Kier molecular flexibility index (Phi) is 2.29. The first kappa shape index (κ1) is 9.90. The van der Waals surface area contributed by atoms with Crippen molar-refractivity contribution in [1.82, 2.24) is 9.97 Å². The van der Waals surface area contributed by atoms with Crippen molar-refractivity contribution in [2.45, 2.75) is 0 Å². The zero-order valence-corrected chi connectivity index (χ0v) is 8.97. The highest BCUT2D eigenvalue weighted by atomic mass is 19.1. The van der Waals surface area contributed by atoms with E-state index < -0.39 is 0 Å². The molecule has 0 aliphatic carbocycles. The van der Waals surface area contributed by atoms with Crippen LogP contribution in [0.25, 0.3) is 22.3 Å². The van der Waals surface area contributed by atoms with E-state index in [2.05, 4.69) is 9.97 Å². The van der Waals surface area contributed by atoms with Crippen LogP contribution >= 0.6 is 0 Å². The molecule has 0 fully saturated rings. The number of hydrogen-bond donors (Lipinski definition) is 0. The van der Waals surface area contributed by atoms with E-state index in [1.807, 2.05) is 30.3 Å². The zero-order chi connectivity index (χ0) is 11.7. The minimum absolute atomic E-state index is 0.294. The van der Waals surface area contributed by atoms with Gasteiger partial charge in [-0.3, -0.25) is 4.98 Å². The van der Waals surface area contributed by atoms with Crippen molar-refractivity contribution in [3.63, 3.8) is 0 Å². The molecule has 3 aromatic rings. The molecule has 17 heavy (non-hydrogen) atoms. The van der Waals surface area contributed by atoms with Crippen molar-refractivity contribution >= 4 is 11.0 Å². The number of halogens is 1. The Labute approximate surface area is 97.8 Å². The van der Waals surface area contributed by atoms with E-state index in [-0.39, 0.29) is 5.82 Å². The molecule has 82 valence electrons. The summed E-state index contributed by atoms with van der Waals surface area (Å²) in [7, 11) is 0. The molecule has 0 amide bonds. The van der Waals surface area contributed by atoms with E-state index in [0.717, 1.165) is 11.3 Å². The lowest BCUT2D eigenvalue weighted by Gasteiger charge is -2.02. The first-order chi connectivity index (χ1) is 8.33. The monoisotopic (exact) mass is 224 g/mol. The number of aromatic nitrogens is 2. The largest absolute Gasteiger partial charge is 0.252 e. The molecule has 0 N–H and O–H groups in total. The summed E-state index contributed by atoms with van der Waals surface area (Å²) in [6.45, 7) is 0. The topological polar surface area (TPSA) is 25.8 Å². The smallest absolute Gasteiger partial charge is 0.125 e. The van der Waals surface area contributed by atoms with Gasteiger partial charge in [0.25, 0.3) is 0 Å². The quantitative estimate of drug-likeness (QED) is 0.632. The summed E-state index contributed by atoms with van der Waals surface area (Å²) >= 11 is 0. The second-order valence-electron chi connectivity index (χ2n) is 3.75. The molecular formula is C14H9FN2. The van der Waals surface area contributed by atoms with Crippen LogP contribution in [0.5, 0.6) is 0 Å². The Morgan fingerprint density at radius 1 is 0.882 bits per heavy atom. The number of rotatable bonds is 1. The average Bonchev–Trinajstić information content (AvgIpc) is 2.39. The summed E-state index contributed by atoms with van der Waals surface area (Å²) in [5, 5.41) is 0. The van der Waals surface area contributed by atoms with Gasteiger partial charge in [-0.25, -0.2) is 9.37 Å². The molecule has 1 aromatic heterocycles. The lowest BCUT2D eigenvalue weighted by Crippen LogP contribution is -1.89. The van der Waals surface area contributed by atoms with Crippen LogP contribution in [-0.2, 0) is 0 Å². The fraction of sp³-hybridized carbons (Fsp3) is 0. The van der Waals surface area contributed by atoms with Crippen molar-refractivity contribution in [2.24, 2.45) is 0 Å². The standard InChI is InChI=1S/C14H9FN2/c15-11-6-7-12-13(8-11)17-14(9-16-12)10-4-2-1-3-5-10/h1-9H. The summed E-state index contributed by atoms with van der Waals surface area (Å²) in [4.78, 5) is 8.67. The maximum atomic E-state index is 13.1. The molecule has 0 bridgehead atoms. The zero-order valence-electron chi connectivity index (χ0n) is 8.97. The van der Waals surface area contributed by atoms with Crippen molar-refractivity contribution in [1.29, 1.82) is 0 Å². The van der Waals surface area contributed by atoms with Crippen molar-refractivity contribution in [3.05, 3.63) is 60.5 Å². The predicted octanol–water partition coefficient (Wildman–Crippen LogP) is 3.44. The molecule has 0 saturated heterocycles. The Morgan fingerprint density at radius 3 is 2.53 bits per heavy atom. The SMILES string of the molecule is Fc1ccc2ncc(-c3ccccc3)nc2c1. The molecule has 0 saturated carbocycles. The summed E-state index contributed by atoms with van der Waals surface area (Å²) in [6.07, 6.45) is 1.70. The van der Waals surface area contributed by atoms with Gasteiger partial charge >= 0.3 is 0 Å². The highest BCUT2D eigenvalue weighted by Crippen LogP contribution is 2.19. The second kappa shape index (κ2) is 3.94. The number of nitrogens with zero attached hydrogens (tertiary/aromatic N) is 2. The third kappa shape index (κ3) is 1.87. The Bertz CT molecular complexity index is 665.